The molecule has 0 atom stereocenters. The molecule has 2 heterocycles. The average Bonchev–Trinajstić information content (AvgIpc) is 3.10. The van der Waals surface area contributed by atoms with Gasteiger partial charge in [0.1, 0.15) is 8.07 Å². The fourth-order valence-electron chi connectivity index (χ4n) is 6.24. The first-order chi connectivity index (χ1) is 16.5. The summed E-state index contributed by atoms with van der Waals surface area (Å²) < 4.78 is 0. The van der Waals surface area contributed by atoms with Gasteiger partial charge in [-0.2, -0.15) is 0 Å². The number of hydrogen-bond donors (Lipinski definition) is 0. The van der Waals surface area contributed by atoms with Gasteiger partial charge < -0.3 is 0 Å². The number of aryl methyl sites for hydroxylation is 1. The molecule has 0 saturated heterocycles. The zero-order chi connectivity index (χ0) is 23.0. The van der Waals surface area contributed by atoms with Crippen LogP contribution in [0, 0.1) is 6.92 Å². The fourth-order valence-corrected chi connectivity index (χ4v) is 9.69. The van der Waals surface area contributed by atoms with Crippen molar-refractivity contribution < 1.29 is 0 Å². The molecule has 2 heteroatoms. The zero-order valence-electron chi connectivity index (χ0n) is 19.7. The van der Waals surface area contributed by atoms with Gasteiger partial charge in [-0.15, -0.1) is 0 Å². The number of pyridine rings is 1. The van der Waals surface area contributed by atoms with Crippen molar-refractivity contribution in [3.8, 4) is 22.4 Å². The van der Waals surface area contributed by atoms with Crippen LogP contribution in [0.5, 0.6) is 0 Å². The Morgan fingerprint density at radius 3 is 2.26 bits per heavy atom. The summed E-state index contributed by atoms with van der Waals surface area (Å²) in [7, 11) is -1.76. The first-order valence-corrected chi connectivity index (χ1v) is 15.0. The third-order valence-corrected chi connectivity index (χ3v) is 11.4. The molecule has 0 radical (unpaired) electrons. The molecule has 0 bridgehead atoms. The van der Waals surface area contributed by atoms with Crippen LogP contribution in [0.15, 0.2) is 97.2 Å². The normalized spacial score (nSPS) is 14.0. The Morgan fingerprint density at radius 1 is 0.618 bits per heavy atom. The molecule has 1 nitrogen and oxygen atoms in total. The Hall–Kier alpha value is -3.75. The lowest BCUT2D eigenvalue weighted by Crippen LogP contribution is -2.49. The van der Waals surface area contributed by atoms with Crippen molar-refractivity contribution in [3.05, 3.63) is 103 Å². The van der Waals surface area contributed by atoms with Gasteiger partial charge in [-0.3, -0.25) is 4.98 Å². The summed E-state index contributed by atoms with van der Waals surface area (Å²) in [6.07, 6.45) is 1.98. The second kappa shape index (κ2) is 6.88. The van der Waals surface area contributed by atoms with E-state index < -0.39 is 8.07 Å². The molecule has 0 unspecified atom stereocenters. The third kappa shape index (κ3) is 2.57. The first-order valence-electron chi connectivity index (χ1n) is 12.0. The van der Waals surface area contributed by atoms with Crippen LogP contribution in [0.25, 0.3) is 54.7 Å². The SMILES string of the molecule is Cc1cc(-c2nccc3c2ccc2c4c(ccc23)-c2ccccc2[Si]4(C)C)cc2ccccc12. The molecular weight excluding hydrogens is 426 g/mol. The Morgan fingerprint density at radius 2 is 1.35 bits per heavy atom. The Balaban J connectivity index is 1.51. The highest BCUT2D eigenvalue weighted by atomic mass is 28.3. The summed E-state index contributed by atoms with van der Waals surface area (Å²) in [5.74, 6) is 0. The van der Waals surface area contributed by atoms with Crippen molar-refractivity contribution in [1.29, 1.82) is 0 Å². The molecule has 7 rings (SSSR count). The molecule has 6 aromatic rings. The summed E-state index contributed by atoms with van der Waals surface area (Å²) in [5, 5.41) is 11.0. The van der Waals surface area contributed by atoms with E-state index in [1.807, 2.05) is 6.20 Å². The maximum atomic E-state index is 4.87. The smallest absolute Gasteiger partial charge is 0.114 e. The van der Waals surface area contributed by atoms with Crippen LogP contribution < -0.4 is 10.4 Å². The molecule has 0 saturated carbocycles. The molecule has 0 aliphatic carbocycles. The second-order valence-corrected chi connectivity index (χ2v) is 14.4. The monoisotopic (exact) mass is 451 g/mol. The predicted molar refractivity (Wildman–Crippen MR) is 149 cm³/mol. The largest absolute Gasteiger partial charge is 0.256 e. The summed E-state index contributed by atoms with van der Waals surface area (Å²) >= 11 is 0. The van der Waals surface area contributed by atoms with E-state index in [2.05, 4.69) is 111 Å². The van der Waals surface area contributed by atoms with Crippen LogP contribution in [0.4, 0.5) is 0 Å². The van der Waals surface area contributed by atoms with Crippen molar-refractivity contribution in [2.24, 2.45) is 0 Å². The first kappa shape index (κ1) is 19.7. The van der Waals surface area contributed by atoms with Gasteiger partial charge in [0.15, 0.2) is 0 Å². The lowest BCUT2D eigenvalue weighted by molar-refractivity contribution is 1.36. The van der Waals surface area contributed by atoms with Crippen LogP contribution in [-0.4, -0.2) is 13.1 Å². The Labute approximate surface area is 200 Å². The molecule has 0 spiro atoms. The van der Waals surface area contributed by atoms with Gasteiger partial charge in [-0.1, -0.05) is 85.9 Å². The van der Waals surface area contributed by atoms with Gasteiger partial charge in [0.05, 0.1) is 5.69 Å². The molecule has 0 N–H and O–H groups in total. The van der Waals surface area contributed by atoms with Crippen molar-refractivity contribution >= 4 is 50.8 Å². The molecule has 1 aliphatic heterocycles. The molecular formula is C32H25NSi. The van der Waals surface area contributed by atoms with E-state index in [4.69, 9.17) is 4.98 Å². The second-order valence-electron chi connectivity index (χ2n) is 10.1. The predicted octanol–water partition coefficient (Wildman–Crippen LogP) is 7.32. The number of aromatic nitrogens is 1. The van der Waals surface area contributed by atoms with Gasteiger partial charge in [0, 0.05) is 17.1 Å². The van der Waals surface area contributed by atoms with E-state index in [0.29, 0.717) is 0 Å². The van der Waals surface area contributed by atoms with Gasteiger partial charge in [0.25, 0.3) is 0 Å². The number of hydrogen-bond acceptors (Lipinski definition) is 1. The highest BCUT2D eigenvalue weighted by Gasteiger charge is 2.38. The fraction of sp³-hybridized carbons (Fsp3) is 0.0938. The molecule has 1 aliphatic rings. The van der Waals surface area contributed by atoms with E-state index in [0.717, 1.165) is 5.69 Å². The molecule has 162 valence electrons. The zero-order valence-corrected chi connectivity index (χ0v) is 20.7. The minimum absolute atomic E-state index is 1.06. The van der Waals surface area contributed by atoms with E-state index in [9.17, 15) is 0 Å². The van der Waals surface area contributed by atoms with E-state index in [1.54, 1.807) is 10.4 Å². The highest BCUT2D eigenvalue weighted by molar-refractivity contribution is 7.05. The number of nitrogens with zero attached hydrogens (tertiary/aromatic N) is 1. The van der Waals surface area contributed by atoms with Crippen molar-refractivity contribution in [3.63, 3.8) is 0 Å². The minimum atomic E-state index is -1.76. The summed E-state index contributed by atoms with van der Waals surface area (Å²) in [4.78, 5) is 4.87. The lowest BCUT2D eigenvalue weighted by atomic mass is 9.94. The lowest BCUT2D eigenvalue weighted by Gasteiger charge is -2.21. The van der Waals surface area contributed by atoms with Gasteiger partial charge >= 0.3 is 0 Å². The topological polar surface area (TPSA) is 12.9 Å². The quantitative estimate of drug-likeness (QED) is 0.188. The summed E-state index contributed by atoms with van der Waals surface area (Å²) in [5.41, 5.74) is 6.39. The van der Waals surface area contributed by atoms with Crippen LogP contribution in [0.2, 0.25) is 13.1 Å². The standard InChI is InChI=1S/C32H25NSi/c1-20-18-22(19-21-8-4-5-9-23(20)21)31-27-13-15-28-24(25(27)16-17-33-31)12-14-29-26-10-6-7-11-30(26)34(2,3)32(28)29/h4-19H,1-3H3. The van der Waals surface area contributed by atoms with Crippen molar-refractivity contribution in [2.45, 2.75) is 20.0 Å². The summed E-state index contributed by atoms with van der Waals surface area (Å²) in [6.45, 7) is 7.19. The van der Waals surface area contributed by atoms with E-state index >= 15 is 0 Å². The van der Waals surface area contributed by atoms with Gasteiger partial charge in [-0.25, -0.2) is 0 Å². The molecule has 34 heavy (non-hydrogen) atoms. The van der Waals surface area contributed by atoms with E-state index in [-0.39, 0.29) is 0 Å². The van der Waals surface area contributed by atoms with Crippen LogP contribution in [0.1, 0.15) is 5.56 Å². The Kier molecular flexibility index (Phi) is 3.98. The maximum Gasteiger partial charge on any atom is 0.114 e. The number of benzene rings is 5. The van der Waals surface area contributed by atoms with Crippen LogP contribution in [-0.2, 0) is 0 Å². The van der Waals surface area contributed by atoms with Crippen molar-refractivity contribution in [1.82, 2.24) is 4.98 Å². The molecule has 5 aromatic carbocycles. The van der Waals surface area contributed by atoms with Gasteiger partial charge in [-0.05, 0) is 79.1 Å². The van der Waals surface area contributed by atoms with Gasteiger partial charge in [0.2, 0.25) is 0 Å². The number of rotatable bonds is 1. The summed E-state index contributed by atoms with van der Waals surface area (Å²) in [6, 6.07) is 33.7. The Bertz CT molecular complexity index is 1800. The van der Waals surface area contributed by atoms with Crippen LogP contribution in [0.3, 0.4) is 0 Å². The van der Waals surface area contributed by atoms with Crippen molar-refractivity contribution in [2.75, 3.05) is 0 Å². The van der Waals surface area contributed by atoms with E-state index in [1.165, 1.54) is 54.6 Å². The average molecular weight is 452 g/mol. The molecule has 0 amide bonds. The highest BCUT2D eigenvalue weighted by Crippen LogP contribution is 2.37. The number of fused-ring (bicyclic) bond motifs is 8. The maximum absolute atomic E-state index is 4.87. The molecule has 0 fully saturated rings. The minimum Gasteiger partial charge on any atom is -0.256 e. The third-order valence-electron chi connectivity index (χ3n) is 7.80. The van der Waals surface area contributed by atoms with Crippen LogP contribution >= 0.6 is 0 Å². The molecule has 1 aromatic heterocycles.